The van der Waals surface area contributed by atoms with Gasteiger partial charge in [-0.05, 0) is 59.2 Å². The number of nitrogens with one attached hydrogen (secondary N) is 1. The fourth-order valence-electron chi connectivity index (χ4n) is 2.18. The molecule has 0 saturated carbocycles. The number of halogens is 1. The van der Waals surface area contributed by atoms with Crippen molar-refractivity contribution >= 4 is 56.9 Å². The highest BCUT2D eigenvalue weighted by Gasteiger charge is 2.36. The Kier molecular flexibility index (Phi) is 4.14. The number of benzene rings is 1. The minimum Gasteiger partial charge on any atom is -0.273 e. The van der Waals surface area contributed by atoms with Gasteiger partial charge in [-0.2, -0.15) is 11.3 Å². The van der Waals surface area contributed by atoms with Crippen molar-refractivity contribution in [2.45, 2.75) is 6.92 Å². The van der Waals surface area contributed by atoms with E-state index >= 15 is 0 Å². The first-order valence-corrected chi connectivity index (χ1v) is 8.41. The van der Waals surface area contributed by atoms with E-state index in [2.05, 4.69) is 21.2 Å². The maximum atomic E-state index is 12.6. The summed E-state index contributed by atoms with van der Waals surface area (Å²) in [5.74, 6) is -1.32. The average molecular weight is 391 g/mol. The third-order valence-corrected chi connectivity index (χ3v) is 4.95. The Morgan fingerprint density at radius 3 is 2.65 bits per heavy atom. The molecule has 1 N–H and O–H groups in total. The van der Waals surface area contributed by atoms with Gasteiger partial charge in [-0.3, -0.25) is 14.9 Å². The highest BCUT2D eigenvalue weighted by Crippen LogP contribution is 2.26. The minimum atomic E-state index is -0.746. The number of amides is 4. The number of rotatable bonds is 2. The van der Waals surface area contributed by atoms with Crippen LogP contribution in [0.2, 0.25) is 0 Å². The molecule has 1 fully saturated rings. The fourth-order valence-corrected chi connectivity index (χ4v) is 3.05. The van der Waals surface area contributed by atoms with E-state index in [1.54, 1.807) is 24.3 Å². The van der Waals surface area contributed by atoms with E-state index in [0.717, 1.165) is 20.5 Å². The van der Waals surface area contributed by atoms with E-state index in [0.29, 0.717) is 5.69 Å². The van der Waals surface area contributed by atoms with Crippen LogP contribution < -0.4 is 10.2 Å². The molecule has 2 aromatic rings. The van der Waals surface area contributed by atoms with Crippen LogP contribution in [0.3, 0.4) is 0 Å². The van der Waals surface area contributed by atoms with E-state index < -0.39 is 17.8 Å². The molecule has 23 heavy (non-hydrogen) atoms. The van der Waals surface area contributed by atoms with Crippen LogP contribution in [0.5, 0.6) is 0 Å². The van der Waals surface area contributed by atoms with Gasteiger partial charge in [0.15, 0.2) is 0 Å². The molecule has 0 radical (unpaired) electrons. The molecule has 0 atom stereocenters. The first-order valence-electron chi connectivity index (χ1n) is 6.67. The predicted molar refractivity (Wildman–Crippen MR) is 92.2 cm³/mol. The van der Waals surface area contributed by atoms with E-state index in [4.69, 9.17) is 0 Å². The van der Waals surface area contributed by atoms with Crippen molar-refractivity contribution in [3.05, 3.63) is 56.2 Å². The number of nitrogens with zero attached hydrogens (tertiary/aromatic N) is 1. The van der Waals surface area contributed by atoms with Crippen molar-refractivity contribution in [1.29, 1.82) is 0 Å². The van der Waals surface area contributed by atoms with Crippen LogP contribution in [0.25, 0.3) is 6.08 Å². The Bertz CT molecular complexity index is 843. The van der Waals surface area contributed by atoms with Crippen LogP contribution >= 0.6 is 27.3 Å². The summed E-state index contributed by atoms with van der Waals surface area (Å²) in [7, 11) is 0. The minimum absolute atomic E-state index is 0.0661. The number of imide groups is 2. The van der Waals surface area contributed by atoms with Gasteiger partial charge in [0.2, 0.25) is 0 Å². The van der Waals surface area contributed by atoms with Crippen molar-refractivity contribution in [3.63, 3.8) is 0 Å². The molecule has 0 aliphatic carbocycles. The maximum absolute atomic E-state index is 12.6. The number of thiophene rings is 1. The molecular formula is C16H11BrN2O3S. The highest BCUT2D eigenvalue weighted by atomic mass is 79.9. The van der Waals surface area contributed by atoms with Crippen LogP contribution in [-0.4, -0.2) is 17.8 Å². The zero-order chi connectivity index (χ0) is 16.6. The van der Waals surface area contributed by atoms with Gasteiger partial charge in [-0.15, -0.1) is 0 Å². The van der Waals surface area contributed by atoms with Gasteiger partial charge >= 0.3 is 6.03 Å². The van der Waals surface area contributed by atoms with E-state index in [-0.39, 0.29) is 5.57 Å². The molecule has 3 rings (SSSR count). The molecule has 1 aliphatic rings. The van der Waals surface area contributed by atoms with E-state index in [1.807, 2.05) is 17.7 Å². The highest BCUT2D eigenvalue weighted by molar-refractivity contribution is 9.10. The molecule has 1 aliphatic heterocycles. The predicted octanol–water partition coefficient (Wildman–Crippen LogP) is 3.49. The summed E-state index contributed by atoms with van der Waals surface area (Å²) in [6.45, 7) is 1.85. The van der Waals surface area contributed by atoms with E-state index in [9.17, 15) is 14.4 Å². The Hall–Kier alpha value is -2.25. The Labute approximate surface area is 144 Å². The van der Waals surface area contributed by atoms with Crippen LogP contribution in [0, 0.1) is 6.92 Å². The van der Waals surface area contributed by atoms with Crippen LogP contribution in [-0.2, 0) is 9.59 Å². The Morgan fingerprint density at radius 1 is 1.22 bits per heavy atom. The molecular weight excluding hydrogens is 380 g/mol. The molecule has 0 bridgehead atoms. The summed E-state index contributed by atoms with van der Waals surface area (Å²) in [4.78, 5) is 37.7. The number of hydrogen-bond acceptors (Lipinski definition) is 4. The Balaban J connectivity index is 2.03. The number of barbiturate groups is 1. The monoisotopic (exact) mass is 390 g/mol. The van der Waals surface area contributed by atoms with E-state index in [1.165, 1.54) is 17.4 Å². The van der Waals surface area contributed by atoms with Gasteiger partial charge in [0, 0.05) is 4.47 Å². The van der Waals surface area contributed by atoms with Gasteiger partial charge in [0.1, 0.15) is 5.57 Å². The second kappa shape index (κ2) is 6.10. The lowest BCUT2D eigenvalue weighted by Crippen LogP contribution is -2.54. The molecule has 116 valence electrons. The molecule has 1 saturated heterocycles. The normalized spacial score (nSPS) is 16.9. The third kappa shape index (κ3) is 2.97. The zero-order valence-electron chi connectivity index (χ0n) is 12.0. The fraction of sp³-hybridized carbons (Fsp3) is 0.0625. The molecule has 0 unspecified atom stereocenters. The average Bonchev–Trinajstić information content (AvgIpc) is 3.00. The van der Waals surface area contributed by atoms with Gasteiger partial charge in [0.05, 0.1) is 5.69 Å². The lowest BCUT2D eigenvalue weighted by atomic mass is 10.1. The number of carbonyl (C=O) groups excluding carboxylic acids is 3. The quantitative estimate of drug-likeness (QED) is 0.630. The SMILES string of the molecule is Cc1cc(N2C(=O)NC(=O)/C(=C\c3ccsc3)C2=O)ccc1Br. The molecule has 5 nitrogen and oxygen atoms in total. The van der Waals surface area contributed by atoms with Gasteiger partial charge in [-0.1, -0.05) is 15.9 Å². The summed E-state index contributed by atoms with van der Waals surface area (Å²) in [6.07, 6.45) is 1.49. The summed E-state index contributed by atoms with van der Waals surface area (Å²) < 4.78 is 0.872. The van der Waals surface area contributed by atoms with Crippen LogP contribution in [0.1, 0.15) is 11.1 Å². The second-order valence-corrected chi connectivity index (χ2v) is 6.58. The zero-order valence-corrected chi connectivity index (χ0v) is 14.4. The second-order valence-electron chi connectivity index (χ2n) is 4.95. The molecule has 1 aromatic heterocycles. The topological polar surface area (TPSA) is 66.5 Å². The number of anilines is 1. The standard InChI is InChI=1S/C16H11BrN2O3S/c1-9-6-11(2-3-13(9)17)19-15(21)12(14(20)18-16(19)22)7-10-4-5-23-8-10/h2-8H,1H3,(H,18,20,22)/b12-7+. The molecule has 7 heteroatoms. The first kappa shape index (κ1) is 15.6. The summed E-state index contributed by atoms with van der Waals surface area (Å²) in [5, 5.41) is 5.87. The van der Waals surface area contributed by atoms with Crippen LogP contribution in [0.4, 0.5) is 10.5 Å². The number of urea groups is 1. The first-order chi connectivity index (χ1) is 11.0. The number of hydrogen-bond donors (Lipinski definition) is 1. The van der Waals surface area contributed by atoms with Gasteiger partial charge in [0.25, 0.3) is 11.8 Å². The third-order valence-electron chi connectivity index (χ3n) is 3.36. The largest absolute Gasteiger partial charge is 0.335 e. The summed E-state index contributed by atoms with van der Waals surface area (Å²) in [5.41, 5.74) is 1.97. The molecule has 2 heterocycles. The molecule has 4 amide bonds. The van der Waals surface area contributed by atoms with Crippen molar-refractivity contribution in [3.8, 4) is 0 Å². The van der Waals surface area contributed by atoms with Crippen molar-refractivity contribution < 1.29 is 14.4 Å². The Morgan fingerprint density at radius 2 is 2.00 bits per heavy atom. The van der Waals surface area contributed by atoms with Gasteiger partial charge in [-0.25, -0.2) is 9.69 Å². The molecule has 1 aromatic carbocycles. The van der Waals surface area contributed by atoms with Crippen molar-refractivity contribution in [1.82, 2.24) is 5.32 Å². The summed E-state index contributed by atoms with van der Waals surface area (Å²) >= 11 is 4.84. The lowest BCUT2D eigenvalue weighted by molar-refractivity contribution is -0.122. The van der Waals surface area contributed by atoms with Crippen LogP contribution in [0.15, 0.2) is 45.1 Å². The summed E-state index contributed by atoms with van der Waals surface area (Å²) in [6, 6.07) is 6.16. The van der Waals surface area contributed by atoms with Crippen molar-refractivity contribution in [2.24, 2.45) is 0 Å². The van der Waals surface area contributed by atoms with Crippen molar-refractivity contribution in [2.75, 3.05) is 4.90 Å². The molecule has 0 spiro atoms. The van der Waals surface area contributed by atoms with Gasteiger partial charge < -0.3 is 0 Å². The number of carbonyl (C=O) groups is 3. The number of aryl methyl sites for hydroxylation is 1. The lowest BCUT2D eigenvalue weighted by Gasteiger charge is -2.26. The maximum Gasteiger partial charge on any atom is 0.335 e. The smallest absolute Gasteiger partial charge is 0.273 e.